The number of nitrogens with zero attached hydrogens (tertiary/aromatic N) is 1. The van der Waals surface area contributed by atoms with Crippen molar-refractivity contribution in [2.45, 2.75) is 38.3 Å². The predicted octanol–water partition coefficient (Wildman–Crippen LogP) is 0.498. The van der Waals surface area contributed by atoms with E-state index >= 15 is 0 Å². The Bertz CT molecular complexity index is 148. The second kappa shape index (κ2) is 2.73. The summed E-state index contributed by atoms with van der Waals surface area (Å²) < 4.78 is 0. The van der Waals surface area contributed by atoms with Gasteiger partial charge < -0.3 is 0 Å². The minimum absolute atomic E-state index is 0.684. The van der Waals surface area contributed by atoms with Gasteiger partial charge in [-0.15, -0.1) is 0 Å². The van der Waals surface area contributed by atoms with Crippen LogP contribution in [0.15, 0.2) is 0 Å². The molecule has 64 valence electrons. The number of hydrazine groups is 2. The van der Waals surface area contributed by atoms with E-state index in [2.05, 4.69) is 29.9 Å². The molecule has 0 aromatic heterocycles. The highest BCUT2D eigenvalue weighted by atomic mass is 15.7. The van der Waals surface area contributed by atoms with Crippen molar-refractivity contribution >= 4 is 0 Å². The second-order valence-corrected chi connectivity index (χ2v) is 3.96. The van der Waals surface area contributed by atoms with E-state index in [9.17, 15) is 0 Å². The summed E-state index contributed by atoms with van der Waals surface area (Å²) in [6.07, 6.45) is 4.04. The van der Waals surface area contributed by atoms with Crippen molar-refractivity contribution in [1.29, 1.82) is 0 Å². The summed E-state index contributed by atoms with van der Waals surface area (Å²) >= 11 is 0. The van der Waals surface area contributed by atoms with Crippen molar-refractivity contribution in [3.8, 4) is 0 Å². The normalized spacial score (nSPS) is 45.8. The molecule has 11 heavy (non-hydrogen) atoms. The van der Waals surface area contributed by atoms with Gasteiger partial charge in [0.25, 0.3) is 0 Å². The average Bonchev–Trinajstić information content (AvgIpc) is 2.32. The number of hydrogen-bond acceptors (Lipinski definition) is 3. The summed E-state index contributed by atoms with van der Waals surface area (Å²) in [6.45, 7) is 2.34. The molecule has 2 rings (SSSR count). The minimum Gasteiger partial charge on any atom is -0.239 e. The molecule has 3 nitrogen and oxygen atoms in total. The van der Waals surface area contributed by atoms with Crippen LogP contribution in [-0.4, -0.2) is 24.1 Å². The molecule has 0 aromatic rings. The van der Waals surface area contributed by atoms with Crippen molar-refractivity contribution in [1.82, 2.24) is 16.0 Å². The molecular formula is C8H17N3. The van der Waals surface area contributed by atoms with Crippen LogP contribution in [0.1, 0.15) is 26.2 Å². The Balaban J connectivity index is 2.00. The molecule has 0 spiro atoms. The van der Waals surface area contributed by atoms with Gasteiger partial charge in [0, 0.05) is 19.1 Å². The van der Waals surface area contributed by atoms with Crippen LogP contribution in [-0.2, 0) is 0 Å². The van der Waals surface area contributed by atoms with Crippen LogP contribution in [0.5, 0.6) is 0 Å². The zero-order valence-electron chi connectivity index (χ0n) is 7.30. The van der Waals surface area contributed by atoms with Gasteiger partial charge in [-0.3, -0.25) is 0 Å². The molecule has 1 heterocycles. The summed E-state index contributed by atoms with van der Waals surface area (Å²) in [5.74, 6) is 0.900. The van der Waals surface area contributed by atoms with E-state index in [1.807, 2.05) is 0 Å². The van der Waals surface area contributed by atoms with Gasteiger partial charge in [0.1, 0.15) is 0 Å². The number of nitrogens with one attached hydrogen (secondary N) is 2. The van der Waals surface area contributed by atoms with Crippen LogP contribution >= 0.6 is 0 Å². The third-order valence-electron chi connectivity index (χ3n) is 3.00. The van der Waals surface area contributed by atoms with Gasteiger partial charge in [-0.2, -0.15) is 5.53 Å². The topological polar surface area (TPSA) is 27.3 Å². The molecule has 0 amide bonds. The number of likely N-dealkylation sites (N-methyl/N-ethyl adjacent to an activating group) is 1. The molecule has 1 saturated heterocycles. The number of rotatable bonds is 0. The first-order valence-electron chi connectivity index (χ1n) is 4.51. The molecule has 2 aliphatic rings. The molecule has 1 aliphatic heterocycles. The molecule has 3 atom stereocenters. The molecule has 2 N–H and O–H groups in total. The first-order valence-corrected chi connectivity index (χ1v) is 4.51. The highest BCUT2D eigenvalue weighted by Crippen LogP contribution is 2.28. The van der Waals surface area contributed by atoms with E-state index in [4.69, 9.17) is 0 Å². The molecule has 2 fully saturated rings. The summed E-state index contributed by atoms with van der Waals surface area (Å²) in [4.78, 5) is 0. The fourth-order valence-corrected chi connectivity index (χ4v) is 2.25. The molecule has 0 radical (unpaired) electrons. The lowest BCUT2D eigenvalue weighted by Crippen LogP contribution is -2.39. The van der Waals surface area contributed by atoms with E-state index in [-0.39, 0.29) is 0 Å². The maximum atomic E-state index is 3.31. The Morgan fingerprint density at radius 2 is 2.18 bits per heavy atom. The highest BCUT2D eigenvalue weighted by Gasteiger charge is 2.35. The van der Waals surface area contributed by atoms with Gasteiger partial charge >= 0.3 is 0 Å². The summed E-state index contributed by atoms with van der Waals surface area (Å²) in [7, 11) is 2.12. The summed E-state index contributed by atoms with van der Waals surface area (Å²) in [5.41, 5.74) is 6.48. The van der Waals surface area contributed by atoms with Gasteiger partial charge in [0.2, 0.25) is 0 Å². The zero-order chi connectivity index (χ0) is 7.84. The number of fused-ring (bicyclic) bond motifs is 1. The van der Waals surface area contributed by atoms with E-state index in [0.717, 1.165) is 12.0 Å². The Labute approximate surface area is 68.1 Å². The van der Waals surface area contributed by atoms with E-state index < -0.39 is 0 Å². The molecule has 0 bridgehead atoms. The van der Waals surface area contributed by atoms with Gasteiger partial charge in [-0.1, -0.05) is 6.92 Å². The Hall–Kier alpha value is -0.120. The zero-order valence-corrected chi connectivity index (χ0v) is 7.30. The molecule has 0 aromatic carbocycles. The van der Waals surface area contributed by atoms with Crippen LogP contribution in [0.2, 0.25) is 0 Å². The van der Waals surface area contributed by atoms with Crippen molar-refractivity contribution in [3.63, 3.8) is 0 Å². The molecule has 3 heteroatoms. The standard InChI is InChI=1S/C8H17N3/c1-6-3-4-8-7(5-6)9-10-11(8)2/h6-10H,3-5H2,1-2H3. The average molecular weight is 155 g/mol. The van der Waals surface area contributed by atoms with Crippen molar-refractivity contribution in [3.05, 3.63) is 0 Å². The van der Waals surface area contributed by atoms with E-state index in [1.165, 1.54) is 19.3 Å². The fraction of sp³-hybridized carbons (Fsp3) is 1.00. The van der Waals surface area contributed by atoms with Gasteiger partial charge in [0.15, 0.2) is 0 Å². The number of hydrogen-bond donors (Lipinski definition) is 2. The predicted molar refractivity (Wildman–Crippen MR) is 44.6 cm³/mol. The maximum absolute atomic E-state index is 3.31. The van der Waals surface area contributed by atoms with Crippen LogP contribution in [0, 0.1) is 5.92 Å². The van der Waals surface area contributed by atoms with Crippen molar-refractivity contribution in [2.24, 2.45) is 5.92 Å². The lowest BCUT2D eigenvalue weighted by atomic mass is 9.84. The Morgan fingerprint density at radius 1 is 1.36 bits per heavy atom. The van der Waals surface area contributed by atoms with Gasteiger partial charge in [0.05, 0.1) is 0 Å². The van der Waals surface area contributed by atoms with Crippen LogP contribution in [0.3, 0.4) is 0 Å². The molecule has 3 unspecified atom stereocenters. The smallest absolute Gasteiger partial charge is 0.0421 e. The van der Waals surface area contributed by atoms with Crippen LogP contribution in [0.25, 0.3) is 0 Å². The third kappa shape index (κ3) is 1.28. The Kier molecular flexibility index (Phi) is 1.87. The molecule has 1 saturated carbocycles. The van der Waals surface area contributed by atoms with Crippen LogP contribution < -0.4 is 11.0 Å². The fourth-order valence-electron chi connectivity index (χ4n) is 2.25. The summed E-state index contributed by atoms with van der Waals surface area (Å²) in [6, 6.07) is 1.41. The first-order chi connectivity index (χ1) is 5.27. The lowest BCUT2D eigenvalue weighted by Gasteiger charge is -2.30. The van der Waals surface area contributed by atoms with Crippen LogP contribution in [0.4, 0.5) is 0 Å². The second-order valence-electron chi connectivity index (χ2n) is 3.96. The first kappa shape index (κ1) is 7.53. The Morgan fingerprint density at radius 3 is 3.00 bits per heavy atom. The maximum Gasteiger partial charge on any atom is 0.0421 e. The van der Waals surface area contributed by atoms with E-state index in [0.29, 0.717) is 6.04 Å². The lowest BCUT2D eigenvalue weighted by molar-refractivity contribution is 0.182. The van der Waals surface area contributed by atoms with Crippen molar-refractivity contribution in [2.75, 3.05) is 7.05 Å². The summed E-state index contributed by atoms with van der Waals surface area (Å²) in [5, 5.41) is 2.20. The molecule has 1 aliphatic carbocycles. The van der Waals surface area contributed by atoms with Crippen molar-refractivity contribution < 1.29 is 0 Å². The third-order valence-corrected chi connectivity index (χ3v) is 3.00. The minimum atomic E-state index is 0.684. The quantitative estimate of drug-likeness (QED) is 0.533. The van der Waals surface area contributed by atoms with Gasteiger partial charge in [-0.05, 0) is 25.2 Å². The largest absolute Gasteiger partial charge is 0.239 e. The highest BCUT2D eigenvalue weighted by molar-refractivity contribution is 4.90. The van der Waals surface area contributed by atoms with E-state index in [1.54, 1.807) is 0 Å². The monoisotopic (exact) mass is 155 g/mol. The van der Waals surface area contributed by atoms with Gasteiger partial charge in [-0.25, -0.2) is 10.4 Å². The SMILES string of the molecule is CC1CCC2C(C1)NNN2C. The molecular weight excluding hydrogens is 138 g/mol.